The van der Waals surface area contributed by atoms with E-state index in [-0.39, 0.29) is 18.3 Å². The molecule has 2 aromatic rings. The number of nitrogens with zero attached hydrogens (tertiary/aromatic N) is 5. The summed E-state index contributed by atoms with van der Waals surface area (Å²) < 4.78 is 0. The molecule has 0 unspecified atom stereocenters. The van der Waals surface area contributed by atoms with Crippen molar-refractivity contribution in [2.45, 2.75) is 18.7 Å². The highest BCUT2D eigenvalue weighted by Crippen LogP contribution is 2.19. The summed E-state index contributed by atoms with van der Waals surface area (Å²) >= 11 is 7.58. The zero-order valence-corrected chi connectivity index (χ0v) is 20.6. The molecular formula is C21H29Cl2N7OS. The van der Waals surface area contributed by atoms with Gasteiger partial charge in [-0.2, -0.15) is 4.99 Å². The van der Waals surface area contributed by atoms with Crippen molar-refractivity contribution in [3.8, 4) is 0 Å². The molecule has 0 atom stereocenters. The van der Waals surface area contributed by atoms with Gasteiger partial charge in [-0.25, -0.2) is 9.97 Å². The third-order valence-electron chi connectivity index (χ3n) is 4.76. The van der Waals surface area contributed by atoms with Crippen LogP contribution in [-0.2, 0) is 4.79 Å². The van der Waals surface area contributed by atoms with E-state index >= 15 is 0 Å². The van der Waals surface area contributed by atoms with Gasteiger partial charge in [-0.05, 0) is 44.2 Å². The average molecular weight is 498 g/mol. The number of nitrogens with one attached hydrogen (secondary N) is 1. The lowest BCUT2D eigenvalue weighted by Crippen LogP contribution is -2.53. The van der Waals surface area contributed by atoms with Crippen molar-refractivity contribution in [3.05, 3.63) is 46.7 Å². The third-order valence-corrected chi connectivity index (χ3v) is 6.02. The SMILES string of the molecule is Cc1cc(C)nc(/N=C(\N)N2CCN(CC(=O)NCCSc3ccc(Cl)cc3)CC2)n1.Cl. The van der Waals surface area contributed by atoms with Gasteiger partial charge in [0, 0.05) is 59.8 Å². The highest BCUT2D eigenvalue weighted by Gasteiger charge is 2.20. The fourth-order valence-corrected chi connectivity index (χ4v) is 4.11. The first kappa shape index (κ1) is 26.2. The van der Waals surface area contributed by atoms with Gasteiger partial charge >= 0.3 is 0 Å². The van der Waals surface area contributed by atoms with Crippen LogP contribution >= 0.6 is 35.8 Å². The van der Waals surface area contributed by atoms with Crippen LogP contribution in [-0.4, -0.2) is 76.7 Å². The number of guanidine groups is 1. The van der Waals surface area contributed by atoms with Crippen LogP contribution in [0, 0.1) is 13.8 Å². The van der Waals surface area contributed by atoms with E-state index in [1.165, 1.54) is 0 Å². The summed E-state index contributed by atoms with van der Waals surface area (Å²) in [5.41, 5.74) is 7.88. The number of benzene rings is 1. The van der Waals surface area contributed by atoms with Gasteiger partial charge in [-0.15, -0.1) is 24.2 Å². The zero-order chi connectivity index (χ0) is 22.2. The van der Waals surface area contributed by atoms with Crippen LogP contribution in [0.5, 0.6) is 0 Å². The summed E-state index contributed by atoms with van der Waals surface area (Å²) in [6.45, 7) is 7.74. The Bertz CT molecular complexity index is 899. The van der Waals surface area contributed by atoms with Crippen molar-refractivity contribution < 1.29 is 4.79 Å². The molecule has 1 aliphatic heterocycles. The van der Waals surface area contributed by atoms with E-state index in [1.807, 2.05) is 49.1 Å². The molecule has 0 aliphatic carbocycles. The molecule has 2 heterocycles. The number of rotatable bonds is 7. The molecule has 32 heavy (non-hydrogen) atoms. The summed E-state index contributed by atoms with van der Waals surface area (Å²) in [7, 11) is 0. The number of piperazine rings is 1. The summed E-state index contributed by atoms with van der Waals surface area (Å²) in [6.07, 6.45) is 0. The van der Waals surface area contributed by atoms with Crippen LogP contribution in [0.2, 0.25) is 5.02 Å². The Morgan fingerprint density at radius 2 is 1.78 bits per heavy atom. The largest absolute Gasteiger partial charge is 0.369 e. The minimum Gasteiger partial charge on any atom is -0.369 e. The molecule has 0 bridgehead atoms. The molecule has 1 aromatic carbocycles. The second kappa shape index (κ2) is 12.8. The highest BCUT2D eigenvalue weighted by molar-refractivity contribution is 7.99. The lowest BCUT2D eigenvalue weighted by molar-refractivity contribution is -0.122. The Labute approximate surface area is 204 Å². The van der Waals surface area contributed by atoms with Crippen molar-refractivity contribution in [3.63, 3.8) is 0 Å². The number of carbonyl (C=O) groups excluding carboxylic acids is 1. The average Bonchev–Trinajstić information content (AvgIpc) is 2.72. The Morgan fingerprint density at radius 1 is 1.16 bits per heavy atom. The van der Waals surface area contributed by atoms with E-state index in [1.54, 1.807) is 11.8 Å². The maximum absolute atomic E-state index is 12.2. The molecule has 174 valence electrons. The summed E-state index contributed by atoms with van der Waals surface area (Å²) in [4.78, 5) is 30.5. The van der Waals surface area contributed by atoms with Crippen molar-refractivity contribution in [1.82, 2.24) is 25.1 Å². The molecule has 3 N–H and O–H groups in total. The maximum atomic E-state index is 12.2. The molecule has 3 rings (SSSR count). The molecule has 1 aliphatic rings. The van der Waals surface area contributed by atoms with Gasteiger partial charge in [0.1, 0.15) is 0 Å². The standard InChI is InChI=1S/C21H28ClN7OS.ClH/c1-15-13-16(2)26-21(25-15)27-20(23)29-10-8-28(9-11-29)14-19(30)24-7-12-31-18-5-3-17(22)4-6-18;/h3-6,13H,7-12,14H2,1-2H3,(H,24,30)(H2,23,25,26,27);1H. The number of hydrogen-bond donors (Lipinski definition) is 2. The maximum Gasteiger partial charge on any atom is 0.253 e. The van der Waals surface area contributed by atoms with Crippen LogP contribution in [0.1, 0.15) is 11.4 Å². The molecule has 8 nitrogen and oxygen atoms in total. The number of halogens is 2. The number of amides is 1. The predicted octanol–water partition coefficient (Wildman–Crippen LogP) is 2.64. The molecule has 1 amide bonds. The number of aryl methyl sites for hydroxylation is 2. The first-order valence-corrected chi connectivity index (χ1v) is 11.5. The number of nitrogens with two attached hydrogens (primary N) is 1. The molecule has 11 heteroatoms. The van der Waals surface area contributed by atoms with Crippen molar-refractivity contribution >= 4 is 53.6 Å². The molecule has 1 saturated heterocycles. The van der Waals surface area contributed by atoms with Gasteiger partial charge in [-0.1, -0.05) is 11.6 Å². The van der Waals surface area contributed by atoms with Crippen LogP contribution < -0.4 is 11.1 Å². The molecule has 0 spiro atoms. The van der Waals surface area contributed by atoms with Gasteiger partial charge in [0.2, 0.25) is 5.91 Å². The van der Waals surface area contributed by atoms with Gasteiger partial charge < -0.3 is 16.0 Å². The number of carbonyl (C=O) groups is 1. The minimum absolute atomic E-state index is 0. The number of thioether (sulfide) groups is 1. The van der Waals surface area contributed by atoms with E-state index < -0.39 is 0 Å². The van der Waals surface area contributed by atoms with E-state index in [2.05, 4.69) is 25.2 Å². The second-order valence-corrected chi connectivity index (χ2v) is 8.94. The third kappa shape index (κ3) is 8.46. The first-order chi connectivity index (χ1) is 14.9. The van der Waals surface area contributed by atoms with Gasteiger partial charge in [0.15, 0.2) is 5.96 Å². The molecule has 1 fully saturated rings. The molecule has 0 radical (unpaired) electrons. The lowest BCUT2D eigenvalue weighted by Gasteiger charge is -2.34. The molecule has 0 saturated carbocycles. The number of hydrogen-bond acceptors (Lipinski definition) is 6. The van der Waals surface area contributed by atoms with Crippen LogP contribution in [0.25, 0.3) is 0 Å². The Balaban J connectivity index is 0.00000363. The number of aromatic nitrogens is 2. The van der Waals surface area contributed by atoms with Crippen molar-refractivity contribution in [2.24, 2.45) is 10.7 Å². The zero-order valence-electron chi connectivity index (χ0n) is 18.3. The Kier molecular flexibility index (Phi) is 10.5. The quantitative estimate of drug-likeness (QED) is 0.262. The Hall–Kier alpha value is -2.07. The van der Waals surface area contributed by atoms with E-state index in [9.17, 15) is 4.79 Å². The number of aliphatic imine (C=N–C) groups is 1. The Morgan fingerprint density at radius 3 is 2.41 bits per heavy atom. The summed E-state index contributed by atoms with van der Waals surface area (Å²) in [5, 5.41) is 3.71. The van der Waals surface area contributed by atoms with Crippen molar-refractivity contribution in [1.29, 1.82) is 0 Å². The second-order valence-electron chi connectivity index (χ2n) is 7.34. The minimum atomic E-state index is 0. The smallest absolute Gasteiger partial charge is 0.253 e. The lowest BCUT2D eigenvalue weighted by atomic mass is 10.3. The van der Waals surface area contributed by atoms with Crippen LogP contribution in [0.4, 0.5) is 5.95 Å². The first-order valence-electron chi connectivity index (χ1n) is 10.2. The van der Waals surface area contributed by atoms with Gasteiger partial charge in [-0.3, -0.25) is 9.69 Å². The molecular weight excluding hydrogens is 469 g/mol. The van der Waals surface area contributed by atoms with E-state index in [0.717, 1.165) is 40.1 Å². The van der Waals surface area contributed by atoms with E-state index in [4.69, 9.17) is 17.3 Å². The van der Waals surface area contributed by atoms with Crippen LogP contribution in [0.15, 0.2) is 40.2 Å². The normalized spacial score (nSPS) is 14.7. The van der Waals surface area contributed by atoms with Gasteiger partial charge in [0.25, 0.3) is 5.95 Å². The van der Waals surface area contributed by atoms with E-state index in [0.29, 0.717) is 38.1 Å². The van der Waals surface area contributed by atoms with Crippen molar-refractivity contribution in [2.75, 3.05) is 45.0 Å². The van der Waals surface area contributed by atoms with Crippen LogP contribution in [0.3, 0.4) is 0 Å². The summed E-state index contributed by atoms with van der Waals surface area (Å²) in [5.74, 6) is 1.64. The highest BCUT2D eigenvalue weighted by atomic mass is 35.5. The molecule has 1 aromatic heterocycles. The monoisotopic (exact) mass is 497 g/mol. The van der Waals surface area contributed by atoms with Gasteiger partial charge in [0.05, 0.1) is 6.54 Å². The topological polar surface area (TPSA) is 99.7 Å². The fourth-order valence-electron chi connectivity index (χ4n) is 3.21. The summed E-state index contributed by atoms with van der Waals surface area (Å²) in [6, 6.07) is 9.60. The fraction of sp³-hybridized carbons (Fsp3) is 0.429. The predicted molar refractivity (Wildman–Crippen MR) is 133 cm³/mol.